The highest BCUT2D eigenvalue weighted by Gasteiger charge is 2.37. The standard InChI is InChI=1S/C25H44O2/c1-4-6-20-7-14-23(15-8-20)27-25(26)22-12-10-21(11-13-22)24-16-9-19(5-2)17-18(24)3/h18-24H,4-17H2,1-3H3/t18-,19+,20?,21?,22?,23?,24-/m1/s1. The SMILES string of the molecule is CCCC1CCC(OC(=O)C2CCC([C@@H]3CC[C@H](CC)C[C@H]3C)CC2)CC1. The van der Waals surface area contributed by atoms with E-state index in [4.69, 9.17) is 4.74 Å². The lowest BCUT2D eigenvalue weighted by molar-refractivity contribution is -0.157. The number of hydrogen-bond donors (Lipinski definition) is 0. The van der Waals surface area contributed by atoms with Crippen LogP contribution in [-0.2, 0) is 9.53 Å². The van der Waals surface area contributed by atoms with Crippen molar-refractivity contribution < 1.29 is 9.53 Å². The summed E-state index contributed by atoms with van der Waals surface area (Å²) in [6.45, 7) is 7.12. The van der Waals surface area contributed by atoms with Crippen molar-refractivity contribution in [3.05, 3.63) is 0 Å². The first kappa shape index (κ1) is 21.2. The summed E-state index contributed by atoms with van der Waals surface area (Å²) in [5.41, 5.74) is 0. The molecule has 3 rings (SSSR count). The van der Waals surface area contributed by atoms with Gasteiger partial charge in [0.05, 0.1) is 5.92 Å². The summed E-state index contributed by atoms with van der Waals surface area (Å²) >= 11 is 0. The second-order valence-corrected chi connectivity index (χ2v) is 10.2. The molecule has 2 nitrogen and oxygen atoms in total. The summed E-state index contributed by atoms with van der Waals surface area (Å²) in [4.78, 5) is 12.7. The summed E-state index contributed by atoms with van der Waals surface area (Å²) in [7, 11) is 0. The van der Waals surface area contributed by atoms with Crippen molar-refractivity contribution in [2.24, 2.45) is 35.5 Å². The Balaban J connectivity index is 1.38. The molecule has 0 aromatic rings. The van der Waals surface area contributed by atoms with Gasteiger partial charge in [0.2, 0.25) is 0 Å². The molecular weight excluding hydrogens is 332 g/mol. The molecule has 0 unspecified atom stereocenters. The molecule has 0 heterocycles. The molecule has 27 heavy (non-hydrogen) atoms. The normalized spacial score (nSPS) is 40.5. The third-order valence-electron chi connectivity index (χ3n) is 8.41. The zero-order chi connectivity index (χ0) is 19.2. The lowest BCUT2D eigenvalue weighted by atomic mass is 9.64. The van der Waals surface area contributed by atoms with Crippen molar-refractivity contribution in [2.45, 2.75) is 117 Å². The molecule has 2 heteroatoms. The molecule has 3 fully saturated rings. The Kier molecular flexibility index (Phi) is 8.09. The minimum absolute atomic E-state index is 0.134. The molecule has 156 valence electrons. The van der Waals surface area contributed by atoms with Gasteiger partial charge in [0.15, 0.2) is 0 Å². The minimum atomic E-state index is 0.134. The average Bonchev–Trinajstić information content (AvgIpc) is 2.69. The lowest BCUT2D eigenvalue weighted by Crippen LogP contribution is -2.34. The summed E-state index contributed by atoms with van der Waals surface area (Å²) in [6.07, 6.45) is 17.9. The van der Waals surface area contributed by atoms with Gasteiger partial charge < -0.3 is 4.74 Å². The molecule has 0 amide bonds. The summed E-state index contributed by atoms with van der Waals surface area (Å²) < 4.78 is 5.95. The van der Waals surface area contributed by atoms with Gasteiger partial charge in [-0.2, -0.15) is 0 Å². The van der Waals surface area contributed by atoms with E-state index in [1.165, 1.54) is 64.2 Å². The van der Waals surface area contributed by atoms with E-state index in [1.54, 1.807) is 0 Å². The smallest absolute Gasteiger partial charge is 0.309 e. The Bertz CT molecular complexity index is 443. The first-order valence-corrected chi connectivity index (χ1v) is 12.3. The largest absolute Gasteiger partial charge is 0.462 e. The molecule has 3 aliphatic carbocycles. The maximum Gasteiger partial charge on any atom is 0.309 e. The van der Waals surface area contributed by atoms with Crippen LogP contribution in [0.2, 0.25) is 0 Å². The van der Waals surface area contributed by atoms with E-state index in [0.717, 1.165) is 55.3 Å². The van der Waals surface area contributed by atoms with Gasteiger partial charge in [0.25, 0.3) is 0 Å². The molecule has 0 bridgehead atoms. The van der Waals surface area contributed by atoms with Crippen LogP contribution in [0.25, 0.3) is 0 Å². The molecule has 0 spiro atoms. The van der Waals surface area contributed by atoms with Gasteiger partial charge in [-0.3, -0.25) is 4.79 Å². The van der Waals surface area contributed by atoms with Crippen molar-refractivity contribution in [2.75, 3.05) is 0 Å². The Morgan fingerprint density at radius 3 is 2.11 bits per heavy atom. The van der Waals surface area contributed by atoms with Crippen molar-refractivity contribution in [1.82, 2.24) is 0 Å². The molecule has 3 aliphatic rings. The van der Waals surface area contributed by atoms with Gasteiger partial charge >= 0.3 is 5.97 Å². The number of carbonyl (C=O) groups is 1. The average molecular weight is 377 g/mol. The van der Waals surface area contributed by atoms with Gasteiger partial charge in [-0.25, -0.2) is 0 Å². The Labute approximate surface area is 168 Å². The Hall–Kier alpha value is -0.530. The number of hydrogen-bond acceptors (Lipinski definition) is 2. The van der Waals surface area contributed by atoms with Crippen molar-refractivity contribution in [3.63, 3.8) is 0 Å². The van der Waals surface area contributed by atoms with Crippen LogP contribution < -0.4 is 0 Å². The first-order valence-electron chi connectivity index (χ1n) is 12.3. The van der Waals surface area contributed by atoms with Gasteiger partial charge in [-0.15, -0.1) is 0 Å². The number of rotatable bonds is 6. The fraction of sp³-hybridized carbons (Fsp3) is 0.960. The van der Waals surface area contributed by atoms with Crippen LogP contribution >= 0.6 is 0 Å². The van der Waals surface area contributed by atoms with E-state index in [-0.39, 0.29) is 18.0 Å². The fourth-order valence-electron chi connectivity index (χ4n) is 6.59. The lowest BCUT2D eigenvalue weighted by Gasteiger charge is -2.41. The van der Waals surface area contributed by atoms with Gasteiger partial charge in [-0.1, -0.05) is 46.5 Å². The van der Waals surface area contributed by atoms with Crippen LogP contribution in [0.5, 0.6) is 0 Å². The molecule has 0 N–H and O–H groups in total. The number of esters is 1. The highest BCUT2D eigenvalue weighted by molar-refractivity contribution is 5.72. The molecule has 3 saturated carbocycles. The Morgan fingerprint density at radius 2 is 1.52 bits per heavy atom. The molecule has 0 aromatic carbocycles. The second-order valence-electron chi connectivity index (χ2n) is 10.2. The summed E-state index contributed by atoms with van der Waals surface area (Å²) in [5, 5.41) is 0. The van der Waals surface area contributed by atoms with E-state index < -0.39 is 0 Å². The first-order chi connectivity index (χ1) is 13.1. The topological polar surface area (TPSA) is 26.3 Å². The quantitative estimate of drug-likeness (QED) is 0.460. The summed E-state index contributed by atoms with van der Waals surface area (Å²) in [6, 6.07) is 0. The van der Waals surface area contributed by atoms with E-state index in [9.17, 15) is 4.79 Å². The van der Waals surface area contributed by atoms with Crippen LogP contribution in [0.15, 0.2) is 0 Å². The van der Waals surface area contributed by atoms with Gasteiger partial charge in [0, 0.05) is 0 Å². The predicted octanol–water partition coefficient (Wildman–Crippen LogP) is 7.16. The van der Waals surface area contributed by atoms with Crippen LogP contribution in [0, 0.1) is 35.5 Å². The van der Waals surface area contributed by atoms with Crippen LogP contribution in [0.4, 0.5) is 0 Å². The molecule has 3 atom stereocenters. The second kappa shape index (κ2) is 10.3. The van der Waals surface area contributed by atoms with Crippen molar-refractivity contribution in [1.29, 1.82) is 0 Å². The van der Waals surface area contributed by atoms with E-state index in [0.29, 0.717) is 0 Å². The zero-order valence-electron chi connectivity index (χ0n) is 18.3. The van der Waals surface area contributed by atoms with E-state index in [2.05, 4.69) is 20.8 Å². The fourth-order valence-corrected chi connectivity index (χ4v) is 6.59. The molecule has 0 saturated heterocycles. The molecule has 0 radical (unpaired) electrons. The maximum absolute atomic E-state index is 12.7. The Morgan fingerprint density at radius 1 is 0.852 bits per heavy atom. The third kappa shape index (κ3) is 5.73. The van der Waals surface area contributed by atoms with E-state index in [1.807, 2.05) is 0 Å². The van der Waals surface area contributed by atoms with Crippen LogP contribution in [0.3, 0.4) is 0 Å². The van der Waals surface area contributed by atoms with Gasteiger partial charge in [-0.05, 0) is 93.8 Å². The maximum atomic E-state index is 12.7. The van der Waals surface area contributed by atoms with E-state index >= 15 is 0 Å². The van der Waals surface area contributed by atoms with Crippen LogP contribution in [-0.4, -0.2) is 12.1 Å². The molecule has 0 aliphatic heterocycles. The molecule has 0 aromatic heterocycles. The van der Waals surface area contributed by atoms with Gasteiger partial charge in [0.1, 0.15) is 6.10 Å². The zero-order valence-corrected chi connectivity index (χ0v) is 18.3. The predicted molar refractivity (Wildman–Crippen MR) is 112 cm³/mol. The number of carbonyl (C=O) groups excluding carboxylic acids is 1. The van der Waals surface area contributed by atoms with Crippen molar-refractivity contribution >= 4 is 5.97 Å². The monoisotopic (exact) mass is 376 g/mol. The number of ether oxygens (including phenoxy) is 1. The minimum Gasteiger partial charge on any atom is -0.462 e. The van der Waals surface area contributed by atoms with Crippen LogP contribution in [0.1, 0.15) is 111 Å². The van der Waals surface area contributed by atoms with Crippen molar-refractivity contribution in [3.8, 4) is 0 Å². The third-order valence-corrected chi connectivity index (χ3v) is 8.41. The summed E-state index contributed by atoms with van der Waals surface area (Å²) in [5.74, 6) is 4.84. The highest BCUT2D eigenvalue weighted by atomic mass is 16.5. The highest BCUT2D eigenvalue weighted by Crippen LogP contribution is 2.45. The molecular formula is C25H44O2.